The first-order chi connectivity index (χ1) is 11.5. The Balaban J connectivity index is 1.61. The predicted molar refractivity (Wildman–Crippen MR) is 87.1 cm³/mol. The maximum absolute atomic E-state index is 13.3. The van der Waals surface area contributed by atoms with Gasteiger partial charge in [-0.05, 0) is 24.8 Å². The van der Waals surface area contributed by atoms with E-state index in [2.05, 4.69) is 16.9 Å². The largest absolute Gasteiger partial charge is 0.342 e. The third-order valence-electron chi connectivity index (χ3n) is 4.96. The summed E-state index contributed by atoms with van der Waals surface area (Å²) in [6, 6.07) is 0. The first-order valence-electron chi connectivity index (χ1n) is 8.71. The molecule has 0 N–H and O–H groups in total. The molecule has 132 valence electrons. The number of aromatic nitrogens is 2. The molecule has 0 radical (unpaired) electrons. The molecule has 0 bridgehead atoms. The van der Waals surface area contributed by atoms with Crippen LogP contribution < -0.4 is 4.90 Å². The number of rotatable bonds is 3. The lowest BCUT2D eigenvalue weighted by Gasteiger charge is -2.37. The second-order valence-electron chi connectivity index (χ2n) is 6.71. The normalized spacial score (nSPS) is 24.0. The number of likely N-dealkylation sites (tertiary alicyclic amines) is 1. The predicted octanol–water partition coefficient (Wildman–Crippen LogP) is 2.51. The van der Waals surface area contributed by atoms with E-state index in [4.69, 9.17) is 0 Å². The lowest BCUT2D eigenvalue weighted by atomic mass is 9.95. The van der Waals surface area contributed by atoms with E-state index in [1.807, 2.05) is 17.3 Å². The minimum Gasteiger partial charge on any atom is -0.342 e. The fraction of sp³-hybridized carbons (Fsp3) is 0.706. The highest BCUT2D eigenvalue weighted by Gasteiger charge is 2.38. The SMILES string of the molecule is CCc1cnc(N2CCCC(C(=O)N3CCC(F)(F)CC3)C2)nc1. The zero-order valence-corrected chi connectivity index (χ0v) is 14.0. The number of piperidine rings is 2. The van der Waals surface area contributed by atoms with Crippen molar-refractivity contribution >= 4 is 11.9 Å². The van der Waals surface area contributed by atoms with Gasteiger partial charge in [-0.1, -0.05) is 6.92 Å². The highest BCUT2D eigenvalue weighted by atomic mass is 19.3. The van der Waals surface area contributed by atoms with E-state index >= 15 is 0 Å². The number of anilines is 1. The minimum atomic E-state index is -2.62. The summed E-state index contributed by atoms with van der Waals surface area (Å²) in [6.45, 7) is 3.76. The van der Waals surface area contributed by atoms with Crippen LogP contribution in [0.4, 0.5) is 14.7 Å². The summed E-state index contributed by atoms with van der Waals surface area (Å²) >= 11 is 0. The Kier molecular flexibility index (Phi) is 4.96. The van der Waals surface area contributed by atoms with Gasteiger partial charge < -0.3 is 9.80 Å². The molecule has 2 aliphatic rings. The molecule has 0 saturated carbocycles. The van der Waals surface area contributed by atoms with Crippen molar-refractivity contribution in [2.75, 3.05) is 31.1 Å². The fourth-order valence-electron chi connectivity index (χ4n) is 3.37. The summed E-state index contributed by atoms with van der Waals surface area (Å²) in [4.78, 5) is 25.1. The average molecular weight is 338 g/mol. The van der Waals surface area contributed by atoms with Crippen LogP contribution in [0.5, 0.6) is 0 Å². The molecule has 24 heavy (non-hydrogen) atoms. The monoisotopic (exact) mass is 338 g/mol. The summed E-state index contributed by atoms with van der Waals surface area (Å²) in [6.07, 6.45) is 5.77. The van der Waals surface area contributed by atoms with Crippen LogP contribution in [-0.4, -0.2) is 52.9 Å². The number of nitrogens with zero attached hydrogens (tertiary/aromatic N) is 4. The number of hydrogen-bond donors (Lipinski definition) is 0. The van der Waals surface area contributed by atoms with Crippen molar-refractivity contribution in [2.24, 2.45) is 5.92 Å². The number of hydrogen-bond acceptors (Lipinski definition) is 4. The summed E-state index contributed by atoms with van der Waals surface area (Å²) in [7, 11) is 0. The average Bonchev–Trinajstić information content (AvgIpc) is 2.61. The Morgan fingerprint density at radius 2 is 1.92 bits per heavy atom. The van der Waals surface area contributed by atoms with Crippen molar-refractivity contribution in [3.63, 3.8) is 0 Å². The van der Waals surface area contributed by atoms with Crippen molar-refractivity contribution in [2.45, 2.75) is 45.0 Å². The maximum Gasteiger partial charge on any atom is 0.251 e. The van der Waals surface area contributed by atoms with E-state index in [1.54, 1.807) is 4.90 Å². The Morgan fingerprint density at radius 3 is 2.54 bits per heavy atom. The fourth-order valence-corrected chi connectivity index (χ4v) is 3.37. The first kappa shape index (κ1) is 17.0. The van der Waals surface area contributed by atoms with Gasteiger partial charge in [0.05, 0.1) is 5.92 Å². The highest BCUT2D eigenvalue weighted by molar-refractivity contribution is 5.79. The van der Waals surface area contributed by atoms with Crippen LogP contribution in [0.15, 0.2) is 12.4 Å². The van der Waals surface area contributed by atoms with Crippen LogP contribution in [0, 0.1) is 5.92 Å². The van der Waals surface area contributed by atoms with Gasteiger partial charge in [-0.2, -0.15) is 0 Å². The van der Waals surface area contributed by atoms with Crippen LogP contribution in [-0.2, 0) is 11.2 Å². The molecule has 2 aliphatic heterocycles. The molecular formula is C17H24F2N4O. The molecular weight excluding hydrogens is 314 g/mol. The van der Waals surface area contributed by atoms with Crippen molar-refractivity contribution in [3.8, 4) is 0 Å². The molecule has 1 amide bonds. The third kappa shape index (κ3) is 3.82. The summed E-state index contributed by atoms with van der Waals surface area (Å²) in [5.41, 5.74) is 1.08. The quantitative estimate of drug-likeness (QED) is 0.850. The second-order valence-corrected chi connectivity index (χ2v) is 6.71. The van der Waals surface area contributed by atoms with Gasteiger partial charge in [0.15, 0.2) is 0 Å². The van der Waals surface area contributed by atoms with E-state index in [9.17, 15) is 13.6 Å². The molecule has 3 rings (SSSR count). The van der Waals surface area contributed by atoms with Crippen LogP contribution in [0.2, 0.25) is 0 Å². The molecule has 5 nitrogen and oxygen atoms in total. The summed E-state index contributed by atoms with van der Waals surface area (Å²) < 4.78 is 26.5. The maximum atomic E-state index is 13.3. The zero-order valence-electron chi connectivity index (χ0n) is 14.0. The molecule has 1 unspecified atom stereocenters. The number of carbonyl (C=O) groups excluding carboxylic acids is 1. The molecule has 2 fully saturated rings. The molecule has 2 saturated heterocycles. The second kappa shape index (κ2) is 6.99. The van der Waals surface area contributed by atoms with Gasteiger partial charge in [0.1, 0.15) is 0 Å². The van der Waals surface area contributed by atoms with Gasteiger partial charge in [0.25, 0.3) is 5.92 Å². The zero-order chi connectivity index (χ0) is 17.2. The van der Waals surface area contributed by atoms with Crippen LogP contribution >= 0.6 is 0 Å². The Morgan fingerprint density at radius 1 is 1.25 bits per heavy atom. The summed E-state index contributed by atoms with van der Waals surface area (Å²) in [5.74, 6) is -2.13. The van der Waals surface area contributed by atoms with Crippen molar-refractivity contribution < 1.29 is 13.6 Å². The topological polar surface area (TPSA) is 49.3 Å². The number of alkyl halides is 2. The van der Waals surface area contributed by atoms with E-state index in [0.29, 0.717) is 12.5 Å². The summed E-state index contributed by atoms with van der Waals surface area (Å²) in [5, 5.41) is 0. The highest BCUT2D eigenvalue weighted by Crippen LogP contribution is 2.30. The minimum absolute atomic E-state index is 0.000350. The van der Waals surface area contributed by atoms with Crippen molar-refractivity contribution in [1.82, 2.24) is 14.9 Å². The lowest BCUT2D eigenvalue weighted by Crippen LogP contribution is -2.49. The molecule has 3 heterocycles. The smallest absolute Gasteiger partial charge is 0.251 e. The van der Waals surface area contributed by atoms with E-state index < -0.39 is 5.92 Å². The van der Waals surface area contributed by atoms with E-state index in [1.165, 1.54) is 0 Å². The Hall–Kier alpha value is -1.79. The standard InChI is InChI=1S/C17H24F2N4O/c1-2-13-10-20-16(21-11-13)23-7-3-4-14(12-23)15(24)22-8-5-17(18,19)6-9-22/h10-11,14H,2-9,12H2,1H3. The number of halogens is 2. The molecule has 1 aromatic rings. The Labute approximate surface area is 141 Å². The molecule has 1 aromatic heterocycles. The Bertz CT molecular complexity index is 568. The number of amides is 1. The van der Waals surface area contributed by atoms with Gasteiger partial charge in [-0.15, -0.1) is 0 Å². The molecule has 7 heteroatoms. The van der Waals surface area contributed by atoms with Gasteiger partial charge in [0, 0.05) is 51.4 Å². The van der Waals surface area contributed by atoms with Gasteiger partial charge in [-0.25, -0.2) is 18.7 Å². The van der Waals surface area contributed by atoms with Gasteiger partial charge >= 0.3 is 0 Å². The lowest BCUT2D eigenvalue weighted by molar-refractivity contribution is -0.141. The van der Waals surface area contributed by atoms with E-state index in [-0.39, 0.29) is 37.8 Å². The van der Waals surface area contributed by atoms with Crippen LogP contribution in [0.25, 0.3) is 0 Å². The van der Waals surface area contributed by atoms with Gasteiger partial charge in [-0.3, -0.25) is 4.79 Å². The molecule has 0 aromatic carbocycles. The first-order valence-corrected chi connectivity index (χ1v) is 8.71. The molecule has 0 spiro atoms. The number of carbonyl (C=O) groups is 1. The van der Waals surface area contributed by atoms with Crippen molar-refractivity contribution in [1.29, 1.82) is 0 Å². The van der Waals surface area contributed by atoms with Crippen LogP contribution in [0.1, 0.15) is 38.2 Å². The van der Waals surface area contributed by atoms with E-state index in [0.717, 1.165) is 31.4 Å². The van der Waals surface area contributed by atoms with Crippen LogP contribution in [0.3, 0.4) is 0 Å². The molecule has 1 atom stereocenters. The van der Waals surface area contributed by atoms with Gasteiger partial charge in [0.2, 0.25) is 11.9 Å². The third-order valence-corrected chi connectivity index (χ3v) is 4.96. The molecule has 0 aliphatic carbocycles. The number of aryl methyl sites for hydroxylation is 1. The van der Waals surface area contributed by atoms with Crippen molar-refractivity contribution in [3.05, 3.63) is 18.0 Å².